The minimum atomic E-state index is -1.34. The van der Waals surface area contributed by atoms with Crippen LogP contribution in [-0.2, 0) is 12.2 Å². The first kappa shape index (κ1) is 25.3. The van der Waals surface area contributed by atoms with E-state index in [0.717, 1.165) is 6.20 Å². The summed E-state index contributed by atoms with van der Waals surface area (Å²) < 4.78 is 21.5. The van der Waals surface area contributed by atoms with Crippen LogP contribution in [0.5, 0.6) is 5.75 Å². The van der Waals surface area contributed by atoms with Crippen molar-refractivity contribution in [1.82, 2.24) is 19.1 Å². The lowest BCUT2D eigenvalue weighted by molar-refractivity contribution is 0.0767. The first-order chi connectivity index (χ1) is 17.0. The number of pyridine rings is 4. The monoisotopic (exact) mass is 510 g/mol. The summed E-state index contributed by atoms with van der Waals surface area (Å²) in [5, 5.41) is 10.2. The second-order valence-corrected chi connectivity index (χ2v) is 9.22. The number of aliphatic hydroxyl groups is 1. The standard InChI is InChI=1S/C26H24ClFN4O4/c1-15-12-30-22(31-9-5-6-19(24(31)33)26(3,4)35)11-20(15)32-16(2)10-21(23(27)25(32)34)36-14-18-8-7-17(28)13-29-18/h5-13,35H,14H2,1-4H3. The molecule has 0 radical (unpaired) electrons. The number of aryl methyl sites for hydroxylation is 2. The average Bonchev–Trinajstić information content (AvgIpc) is 2.82. The fraction of sp³-hybridized carbons (Fsp3) is 0.231. The van der Waals surface area contributed by atoms with Crippen molar-refractivity contribution in [2.75, 3.05) is 0 Å². The van der Waals surface area contributed by atoms with Gasteiger partial charge in [-0.1, -0.05) is 11.6 Å². The fourth-order valence-corrected chi connectivity index (χ4v) is 3.94. The predicted molar refractivity (Wildman–Crippen MR) is 134 cm³/mol. The molecule has 0 aliphatic carbocycles. The van der Waals surface area contributed by atoms with E-state index in [4.69, 9.17) is 16.3 Å². The van der Waals surface area contributed by atoms with Gasteiger partial charge >= 0.3 is 0 Å². The molecule has 0 bridgehead atoms. The molecule has 10 heteroatoms. The van der Waals surface area contributed by atoms with Gasteiger partial charge in [-0.05, 0) is 57.5 Å². The van der Waals surface area contributed by atoms with Gasteiger partial charge in [0.25, 0.3) is 11.1 Å². The number of aromatic nitrogens is 4. The molecule has 0 atom stereocenters. The summed E-state index contributed by atoms with van der Waals surface area (Å²) in [6.45, 7) is 6.57. The van der Waals surface area contributed by atoms with E-state index >= 15 is 0 Å². The summed E-state index contributed by atoms with van der Waals surface area (Å²) in [7, 11) is 0. The second-order valence-electron chi connectivity index (χ2n) is 8.85. The van der Waals surface area contributed by atoms with Crippen LogP contribution in [0.3, 0.4) is 0 Å². The van der Waals surface area contributed by atoms with Crippen molar-refractivity contribution in [2.24, 2.45) is 0 Å². The molecule has 36 heavy (non-hydrogen) atoms. The maximum atomic E-state index is 13.3. The van der Waals surface area contributed by atoms with Crippen LogP contribution in [0, 0.1) is 19.7 Å². The highest BCUT2D eigenvalue weighted by molar-refractivity contribution is 6.31. The topological polar surface area (TPSA) is 99.2 Å². The lowest BCUT2D eigenvalue weighted by Gasteiger charge is -2.19. The van der Waals surface area contributed by atoms with E-state index in [1.165, 1.54) is 35.1 Å². The van der Waals surface area contributed by atoms with E-state index < -0.39 is 22.5 Å². The van der Waals surface area contributed by atoms with Gasteiger partial charge in [0.15, 0.2) is 0 Å². The van der Waals surface area contributed by atoms with Gasteiger partial charge in [0, 0.05) is 35.8 Å². The SMILES string of the molecule is Cc1cnc(-n2cccc(C(C)(C)O)c2=O)cc1-n1c(C)cc(OCc2ccc(F)cn2)c(Cl)c1=O. The highest BCUT2D eigenvalue weighted by atomic mass is 35.5. The Morgan fingerprint density at radius 3 is 2.50 bits per heavy atom. The van der Waals surface area contributed by atoms with Crippen molar-refractivity contribution in [3.05, 3.63) is 109 Å². The maximum Gasteiger partial charge on any atom is 0.277 e. The van der Waals surface area contributed by atoms with Crippen LogP contribution in [0.1, 0.15) is 36.4 Å². The Balaban J connectivity index is 1.75. The van der Waals surface area contributed by atoms with Gasteiger partial charge in [-0.15, -0.1) is 0 Å². The van der Waals surface area contributed by atoms with Crippen LogP contribution in [-0.4, -0.2) is 24.2 Å². The first-order valence-electron chi connectivity index (χ1n) is 11.0. The van der Waals surface area contributed by atoms with Crippen LogP contribution < -0.4 is 15.9 Å². The summed E-state index contributed by atoms with van der Waals surface area (Å²) in [6.07, 6.45) is 4.18. The normalized spacial score (nSPS) is 11.5. The maximum absolute atomic E-state index is 13.3. The van der Waals surface area contributed by atoms with Gasteiger partial charge in [0.2, 0.25) is 0 Å². The molecule has 0 aromatic carbocycles. The van der Waals surface area contributed by atoms with Crippen molar-refractivity contribution in [1.29, 1.82) is 0 Å². The van der Waals surface area contributed by atoms with Gasteiger partial charge in [0.1, 0.15) is 29.0 Å². The molecule has 186 valence electrons. The van der Waals surface area contributed by atoms with Gasteiger partial charge in [-0.25, -0.2) is 9.37 Å². The van der Waals surface area contributed by atoms with Crippen LogP contribution >= 0.6 is 11.6 Å². The molecule has 0 aliphatic rings. The Hall–Kier alpha value is -3.82. The molecule has 4 heterocycles. The van der Waals surface area contributed by atoms with E-state index in [1.54, 1.807) is 50.5 Å². The Kier molecular flexibility index (Phi) is 6.79. The molecule has 0 aliphatic heterocycles. The lowest BCUT2D eigenvalue weighted by Crippen LogP contribution is -2.31. The molecule has 0 fully saturated rings. The van der Waals surface area contributed by atoms with E-state index in [2.05, 4.69) is 9.97 Å². The number of nitrogens with zero attached hydrogens (tertiary/aromatic N) is 4. The fourth-order valence-electron chi connectivity index (χ4n) is 3.74. The van der Waals surface area contributed by atoms with E-state index in [-0.39, 0.29) is 28.8 Å². The molecule has 0 saturated carbocycles. The Morgan fingerprint density at radius 2 is 1.83 bits per heavy atom. The van der Waals surface area contributed by atoms with E-state index in [9.17, 15) is 19.1 Å². The molecular formula is C26H24ClFN4O4. The number of ether oxygens (including phenoxy) is 1. The van der Waals surface area contributed by atoms with E-state index in [0.29, 0.717) is 22.6 Å². The van der Waals surface area contributed by atoms with Crippen molar-refractivity contribution in [2.45, 2.75) is 39.9 Å². The minimum absolute atomic E-state index is 0.00177. The Labute approximate surface area is 211 Å². The average molecular weight is 511 g/mol. The van der Waals surface area contributed by atoms with Crippen LogP contribution in [0.25, 0.3) is 11.5 Å². The van der Waals surface area contributed by atoms with Crippen molar-refractivity contribution >= 4 is 11.6 Å². The molecule has 4 aromatic heterocycles. The summed E-state index contributed by atoms with van der Waals surface area (Å²) in [5.41, 5.74) is 0.0969. The largest absolute Gasteiger partial charge is 0.485 e. The smallest absolute Gasteiger partial charge is 0.277 e. The number of hydrogen-bond donors (Lipinski definition) is 1. The van der Waals surface area contributed by atoms with Crippen molar-refractivity contribution in [3.63, 3.8) is 0 Å². The summed E-state index contributed by atoms with van der Waals surface area (Å²) in [4.78, 5) is 34.6. The third-order valence-corrected chi connectivity index (χ3v) is 5.97. The summed E-state index contributed by atoms with van der Waals surface area (Å²) in [5.74, 6) is -0.0178. The molecule has 0 spiro atoms. The third kappa shape index (κ3) is 4.93. The van der Waals surface area contributed by atoms with Crippen LogP contribution in [0.4, 0.5) is 4.39 Å². The molecule has 4 aromatic rings. The first-order valence-corrected chi connectivity index (χ1v) is 11.4. The van der Waals surface area contributed by atoms with Gasteiger partial charge in [0.05, 0.1) is 23.2 Å². The Bertz CT molecular complexity index is 1560. The number of rotatable bonds is 6. The molecular weight excluding hydrogens is 487 g/mol. The molecule has 0 saturated heterocycles. The van der Waals surface area contributed by atoms with Crippen molar-refractivity contribution in [3.8, 4) is 17.3 Å². The lowest BCUT2D eigenvalue weighted by atomic mass is 10.0. The highest BCUT2D eigenvalue weighted by Gasteiger charge is 2.22. The molecule has 0 unspecified atom stereocenters. The highest BCUT2D eigenvalue weighted by Crippen LogP contribution is 2.26. The zero-order chi connectivity index (χ0) is 26.2. The van der Waals surface area contributed by atoms with Crippen LogP contribution in [0.15, 0.2) is 64.6 Å². The third-order valence-electron chi connectivity index (χ3n) is 5.62. The number of halogens is 2. The van der Waals surface area contributed by atoms with E-state index in [1.807, 2.05) is 0 Å². The van der Waals surface area contributed by atoms with Gasteiger partial charge in [-0.3, -0.25) is 23.7 Å². The zero-order valence-corrected chi connectivity index (χ0v) is 20.9. The molecule has 0 amide bonds. The van der Waals surface area contributed by atoms with Gasteiger partial charge in [-0.2, -0.15) is 0 Å². The summed E-state index contributed by atoms with van der Waals surface area (Å²) >= 11 is 6.38. The molecule has 4 rings (SSSR count). The molecule has 1 N–H and O–H groups in total. The van der Waals surface area contributed by atoms with Crippen LogP contribution in [0.2, 0.25) is 5.02 Å². The summed E-state index contributed by atoms with van der Waals surface area (Å²) in [6, 6.07) is 9.18. The van der Waals surface area contributed by atoms with Gasteiger partial charge < -0.3 is 9.84 Å². The Morgan fingerprint density at radius 1 is 1.08 bits per heavy atom. The zero-order valence-electron chi connectivity index (χ0n) is 20.1. The second kappa shape index (κ2) is 9.67. The quantitative estimate of drug-likeness (QED) is 0.421. The minimum Gasteiger partial charge on any atom is -0.485 e. The van der Waals surface area contributed by atoms with Crippen molar-refractivity contribution < 1.29 is 14.2 Å². The predicted octanol–water partition coefficient (Wildman–Crippen LogP) is 3.99. The molecule has 8 nitrogen and oxygen atoms in total. The number of hydrogen-bond acceptors (Lipinski definition) is 6.